The van der Waals surface area contributed by atoms with E-state index in [2.05, 4.69) is 10.1 Å². The van der Waals surface area contributed by atoms with Crippen LogP contribution in [0.3, 0.4) is 0 Å². The SMILES string of the molecule is CCC(NS(=O)(=O)c1cc(NN)ccc1[N+](=O)[O-])C(C)C. The third kappa shape index (κ3) is 4.13. The first kappa shape index (κ1) is 17.3. The Labute approximate surface area is 123 Å². The summed E-state index contributed by atoms with van der Waals surface area (Å²) >= 11 is 0. The molecule has 0 saturated carbocycles. The maximum Gasteiger partial charge on any atom is 0.289 e. The van der Waals surface area contributed by atoms with Crippen molar-refractivity contribution in [1.29, 1.82) is 0 Å². The van der Waals surface area contributed by atoms with Crippen molar-refractivity contribution in [3.05, 3.63) is 28.3 Å². The Balaban J connectivity index is 3.32. The summed E-state index contributed by atoms with van der Waals surface area (Å²) in [6.07, 6.45) is 0.583. The first-order valence-electron chi connectivity index (χ1n) is 6.50. The summed E-state index contributed by atoms with van der Waals surface area (Å²) in [7, 11) is -4.01. The number of nitrogen functional groups attached to an aromatic ring is 1. The number of nitro groups is 1. The third-order valence-corrected chi connectivity index (χ3v) is 4.68. The number of hydrogen-bond acceptors (Lipinski definition) is 6. The second kappa shape index (κ2) is 6.83. The van der Waals surface area contributed by atoms with E-state index in [0.717, 1.165) is 12.1 Å². The molecular weight excluding hydrogens is 296 g/mol. The van der Waals surface area contributed by atoms with Crippen LogP contribution in [0.25, 0.3) is 0 Å². The van der Waals surface area contributed by atoms with Gasteiger partial charge in [-0.3, -0.25) is 16.0 Å². The molecule has 0 aliphatic carbocycles. The first-order chi connectivity index (χ1) is 9.72. The Hall–Kier alpha value is -1.71. The van der Waals surface area contributed by atoms with Crippen LogP contribution in [0, 0.1) is 16.0 Å². The lowest BCUT2D eigenvalue weighted by Gasteiger charge is -2.20. The molecule has 118 valence electrons. The van der Waals surface area contributed by atoms with Gasteiger partial charge in [-0.15, -0.1) is 0 Å². The molecule has 9 heteroatoms. The number of nitrogens with one attached hydrogen (secondary N) is 2. The Morgan fingerprint density at radius 1 is 1.38 bits per heavy atom. The van der Waals surface area contributed by atoms with Crippen LogP contribution in [0.1, 0.15) is 27.2 Å². The molecule has 0 spiro atoms. The van der Waals surface area contributed by atoms with E-state index in [1.54, 1.807) is 0 Å². The van der Waals surface area contributed by atoms with Crippen molar-refractivity contribution in [3.63, 3.8) is 0 Å². The number of benzene rings is 1. The summed E-state index contributed by atoms with van der Waals surface area (Å²) < 4.78 is 27.3. The zero-order chi connectivity index (χ0) is 16.2. The largest absolute Gasteiger partial charge is 0.324 e. The molecule has 1 atom stereocenters. The molecule has 8 nitrogen and oxygen atoms in total. The van der Waals surface area contributed by atoms with Crippen LogP contribution in [0.2, 0.25) is 0 Å². The van der Waals surface area contributed by atoms with Crippen molar-refractivity contribution >= 4 is 21.4 Å². The molecular formula is C12H20N4O4S. The highest BCUT2D eigenvalue weighted by molar-refractivity contribution is 7.89. The van der Waals surface area contributed by atoms with Crippen LogP contribution in [0.5, 0.6) is 0 Å². The van der Waals surface area contributed by atoms with Gasteiger partial charge in [-0.05, 0) is 24.5 Å². The molecule has 0 aliphatic heterocycles. The van der Waals surface area contributed by atoms with Crippen molar-refractivity contribution in [2.24, 2.45) is 11.8 Å². The van der Waals surface area contributed by atoms with E-state index in [4.69, 9.17) is 5.84 Å². The third-order valence-electron chi connectivity index (χ3n) is 3.16. The number of rotatable bonds is 7. The van der Waals surface area contributed by atoms with Crippen LogP contribution < -0.4 is 16.0 Å². The minimum Gasteiger partial charge on any atom is -0.324 e. The van der Waals surface area contributed by atoms with Gasteiger partial charge >= 0.3 is 0 Å². The van der Waals surface area contributed by atoms with Gasteiger partial charge in [0.1, 0.15) is 0 Å². The lowest BCUT2D eigenvalue weighted by Crippen LogP contribution is -2.38. The molecule has 1 aromatic carbocycles. The summed E-state index contributed by atoms with van der Waals surface area (Å²) in [4.78, 5) is 9.89. The fourth-order valence-electron chi connectivity index (χ4n) is 1.92. The van der Waals surface area contributed by atoms with E-state index in [1.807, 2.05) is 20.8 Å². The van der Waals surface area contributed by atoms with Gasteiger partial charge in [0, 0.05) is 12.1 Å². The number of nitrogens with two attached hydrogens (primary N) is 1. The summed E-state index contributed by atoms with van der Waals surface area (Å²) in [5, 5.41) is 11.0. The van der Waals surface area contributed by atoms with Gasteiger partial charge in [-0.1, -0.05) is 20.8 Å². The van der Waals surface area contributed by atoms with E-state index >= 15 is 0 Å². The van der Waals surface area contributed by atoms with Gasteiger partial charge in [-0.25, -0.2) is 13.1 Å². The fourth-order valence-corrected chi connectivity index (χ4v) is 3.59. The lowest BCUT2D eigenvalue weighted by atomic mass is 10.0. The summed E-state index contributed by atoms with van der Waals surface area (Å²) in [6, 6.07) is 3.30. The summed E-state index contributed by atoms with van der Waals surface area (Å²) in [5.41, 5.74) is 2.07. The molecule has 1 unspecified atom stereocenters. The normalized spacial score (nSPS) is 13.2. The molecule has 1 aromatic rings. The maximum absolute atomic E-state index is 12.4. The standard InChI is InChI=1S/C12H20N4O4S/c1-4-10(8(2)3)15-21(19,20)12-7-9(14-13)5-6-11(12)16(17)18/h5-8,10,14-15H,4,13H2,1-3H3. The smallest absolute Gasteiger partial charge is 0.289 e. The van der Waals surface area contributed by atoms with E-state index in [-0.39, 0.29) is 17.6 Å². The van der Waals surface area contributed by atoms with E-state index in [0.29, 0.717) is 6.42 Å². The molecule has 0 amide bonds. The number of nitro benzene ring substituents is 1. The number of hydrazine groups is 1. The van der Waals surface area contributed by atoms with Crippen molar-refractivity contribution < 1.29 is 13.3 Å². The topological polar surface area (TPSA) is 127 Å². The van der Waals surface area contributed by atoms with Gasteiger partial charge in [0.15, 0.2) is 4.90 Å². The molecule has 0 saturated heterocycles. The Morgan fingerprint density at radius 2 is 2.00 bits per heavy atom. The molecule has 1 rings (SSSR count). The Morgan fingerprint density at radius 3 is 2.43 bits per heavy atom. The fraction of sp³-hybridized carbons (Fsp3) is 0.500. The zero-order valence-electron chi connectivity index (χ0n) is 12.2. The summed E-state index contributed by atoms with van der Waals surface area (Å²) in [5.74, 6) is 5.30. The predicted molar refractivity (Wildman–Crippen MR) is 80.1 cm³/mol. The average molecular weight is 316 g/mol. The Bertz CT molecular complexity index is 616. The predicted octanol–water partition coefficient (Wildman–Crippen LogP) is 1.59. The van der Waals surface area contributed by atoms with E-state index < -0.39 is 25.5 Å². The molecule has 21 heavy (non-hydrogen) atoms. The highest BCUT2D eigenvalue weighted by atomic mass is 32.2. The molecule has 0 fully saturated rings. The lowest BCUT2D eigenvalue weighted by molar-refractivity contribution is -0.387. The van der Waals surface area contributed by atoms with Gasteiger partial charge in [-0.2, -0.15) is 0 Å². The van der Waals surface area contributed by atoms with Crippen molar-refractivity contribution in [2.45, 2.75) is 38.1 Å². The second-order valence-corrected chi connectivity index (χ2v) is 6.65. The minimum atomic E-state index is -4.01. The van der Waals surface area contributed by atoms with Gasteiger partial charge in [0.25, 0.3) is 5.69 Å². The Kier molecular flexibility index (Phi) is 5.64. The quantitative estimate of drug-likeness (QED) is 0.398. The van der Waals surface area contributed by atoms with E-state index in [1.165, 1.54) is 6.07 Å². The average Bonchev–Trinajstić information content (AvgIpc) is 2.43. The van der Waals surface area contributed by atoms with Crippen LogP contribution in [0.15, 0.2) is 23.1 Å². The number of nitrogens with zero attached hydrogens (tertiary/aromatic N) is 1. The molecule has 4 N–H and O–H groups in total. The number of sulfonamides is 1. The molecule has 0 aliphatic rings. The van der Waals surface area contributed by atoms with E-state index in [9.17, 15) is 18.5 Å². The van der Waals surface area contributed by atoms with Gasteiger partial charge < -0.3 is 5.43 Å². The molecule has 0 heterocycles. The highest BCUT2D eigenvalue weighted by Crippen LogP contribution is 2.27. The van der Waals surface area contributed by atoms with Gasteiger partial charge in [0.05, 0.1) is 10.6 Å². The molecule has 0 radical (unpaired) electrons. The number of anilines is 1. The maximum atomic E-state index is 12.4. The van der Waals surface area contributed by atoms with Crippen molar-refractivity contribution in [2.75, 3.05) is 5.43 Å². The number of hydrogen-bond donors (Lipinski definition) is 3. The molecule has 0 aromatic heterocycles. The van der Waals surface area contributed by atoms with Crippen molar-refractivity contribution in [1.82, 2.24) is 4.72 Å². The van der Waals surface area contributed by atoms with Crippen LogP contribution in [-0.4, -0.2) is 19.4 Å². The van der Waals surface area contributed by atoms with Crippen LogP contribution in [-0.2, 0) is 10.0 Å². The monoisotopic (exact) mass is 316 g/mol. The highest BCUT2D eigenvalue weighted by Gasteiger charge is 2.29. The van der Waals surface area contributed by atoms with Crippen LogP contribution in [0.4, 0.5) is 11.4 Å². The minimum absolute atomic E-state index is 0.0691. The molecule has 0 bridgehead atoms. The van der Waals surface area contributed by atoms with Gasteiger partial charge in [0.2, 0.25) is 10.0 Å². The zero-order valence-corrected chi connectivity index (χ0v) is 13.0. The first-order valence-corrected chi connectivity index (χ1v) is 7.98. The van der Waals surface area contributed by atoms with Crippen LogP contribution >= 0.6 is 0 Å². The summed E-state index contributed by atoms with van der Waals surface area (Å²) in [6.45, 7) is 5.60. The second-order valence-electron chi connectivity index (χ2n) is 4.96. The van der Waals surface area contributed by atoms with Crippen molar-refractivity contribution in [3.8, 4) is 0 Å².